The topological polar surface area (TPSA) is 93.3 Å². The van der Waals surface area contributed by atoms with Crippen LogP contribution in [0, 0.1) is 15.9 Å². The Hall–Kier alpha value is -3.59. The highest BCUT2D eigenvalue weighted by Gasteiger charge is 2.20. The first kappa shape index (κ1) is 25.0. The Labute approximate surface area is 198 Å². The molecule has 0 aliphatic rings. The average Bonchev–Trinajstić information content (AvgIpc) is 3.28. The molecule has 0 bridgehead atoms. The summed E-state index contributed by atoms with van der Waals surface area (Å²) in [4.78, 5) is 26.1. The first-order chi connectivity index (χ1) is 16.3. The Morgan fingerprint density at radius 3 is 2.38 bits per heavy atom. The van der Waals surface area contributed by atoms with Crippen molar-refractivity contribution in [3.05, 3.63) is 76.2 Å². The Balaban J connectivity index is 1.84. The first-order valence-corrected chi connectivity index (χ1v) is 11.5. The molecule has 0 saturated carbocycles. The maximum Gasteiger partial charge on any atom is 0.270 e. The largest absolute Gasteiger partial charge is 0.348 e. The van der Waals surface area contributed by atoms with Crippen molar-refractivity contribution < 1.29 is 14.1 Å². The molecule has 3 aromatic rings. The molecule has 0 aliphatic heterocycles. The van der Waals surface area contributed by atoms with Crippen molar-refractivity contribution in [2.24, 2.45) is 0 Å². The number of nitrogens with one attached hydrogen (secondary N) is 1. The van der Waals surface area contributed by atoms with Crippen LogP contribution in [0.25, 0.3) is 16.9 Å². The number of benzene rings is 2. The number of aromatic nitrogens is 2. The lowest BCUT2D eigenvalue weighted by atomic mass is 10.1. The predicted octanol–water partition coefficient (Wildman–Crippen LogP) is 4.83. The van der Waals surface area contributed by atoms with Gasteiger partial charge in [-0.1, -0.05) is 13.8 Å². The van der Waals surface area contributed by atoms with Crippen molar-refractivity contribution in [3.8, 4) is 16.9 Å². The van der Waals surface area contributed by atoms with E-state index in [0.29, 0.717) is 22.6 Å². The number of hydrogen-bond donors (Lipinski definition) is 1. The van der Waals surface area contributed by atoms with Gasteiger partial charge in [0.25, 0.3) is 11.6 Å². The van der Waals surface area contributed by atoms with Crippen molar-refractivity contribution in [2.75, 3.05) is 19.6 Å². The van der Waals surface area contributed by atoms with Gasteiger partial charge < -0.3 is 10.2 Å². The zero-order valence-corrected chi connectivity index (χ0v) is 19.7. The fourth-order valence-corrected chi connectivity index (χ4v) is 3.75. The van der Waals surface area contributed by atoms with Crippen LogP contribution in [0.5, 0.6) is 0 Å². The molecule has 0 fully saturated rings. The van der Waals surface area contributed by atoms with E-state index < -0.39 is 4.92 Å². The Kier molecular flexibility index (Phi) is 8.48. The first-order valence-electron chi connectivity index (χ1n) is 11.5. The average molecular weight is 468 g/mol. The number of rotatable bonds is 11. The molecule has 0 saturated heterocycles. The summed E-state index contributed by atoms with van der Waals surface area (Å²) >= 11 is 0. The molecule has 0 radical (unpaired) electrons. The molecule has 1 atom stereocenters. The van der Waals surface area contributed by atoms with E-state index in [4.69, 9.17) is 0 Å². The summed E-state index contributed by atoms with van der Waals surface area (Å²) in [5, 5.41) is 18.6. The Morgan fingerprint density at radius 2 is 1.79 bits per heavy atom. The van der Waals surface area contributed by atoms with Gasteiger partial charge in [0.15, 0.2) is 0 Å². The molecule has 1 aromatic heterocycles. The molecule has 1 amide bonds. The van der Waals surface area contributed by atoms with Gasteiger partial charge in [0.2, 0.25) is 0 Å². The summed E-state index contributed by atoms with van der Waals surface area (Å²) in [5.74, 6) is -0.662. The molecule has 1 heterocycles. The van der Waals surface area contributed by atoms with Crippen molar-refractivity contribution in [3.63, 3.8) is 0 Å². The van der Waals surface area contributed by atoms with E-state index in [1.165, 1.54) is 28.9 Å². The van der Waals surface area contributed by atoms with Gasteiger partial charge in [-0.25, -0.2) is 9.07 Å². The Bertz CT molecular complexity index is 1110. The van der Waals surface area contributed by atoms with Crippen LogP contribution in [0.3, 0.4) is 0 Å². The maximum absolute atomic E-state index is 13.4. The molecule has 3 rings (SSSR count). The lowest BCUT2D eigenvalue weighted by Crippen LogP contribution is -2.34. The van der Waals surface area contributed by atoms with E-state index in [2.05, 4.69) is 29.2 Å². The summed E-state index contributed by atoms with van der Waals surface area (Å²) in [5.41, 5.74) is 1.91. The SMILES string of the molecule is CCN(CC)CCCC(C)NC(=O)c1cc(-c2ccc(F)cc2)nn1-c1ccc([N+](=O)[O-])cc1. The predicted molar refractivity (Wildman–Crippen MR) is 130 cm³/mol. The van der Waals surface area contributed by atoms with Crippen LogP contribution in [0.4, 0.5) is 10.1 Å². The molecule has 0 aliphatic carbocycles. The minimum Gasteiger partial charge on any atom is -0.348 e. The summed E-state index contributed by atoms with van der Waals surface area (Å²) in [6.45, 7) is 9.20. The number of nitro benzene ring substituents is 1. The summed E-state index contributed by atoms with van der Waals surface area (Å²) < 4.78 is 14.8. The zero-order chi connectivity index (χ0) is 24.7. The normalized spacial score (nSPS) is 12.0. The highest BCUT2D eigenvalue weighted by molar-refractivity contribution is 5.94. The van der Waals surface area contributed by atoms with Gasteiger partial charge in [0.05, 0.1) is 16.3 Å². The van der Waals surface area contributed by atoms with E-state index in [9.17, 15) is 19.3 Å². The molecule has 1 unspecified atom stereocenters. The van der Waals surface area contributed by atoms with Crippen LogP contribution in [-0.4, -0.2) is 51.2 Å². The lowest BCUT2D eigenvalue weighted by molar-refractivity contribution is -0.384. The number of hydrogen-bond acceptors (Lipinski definition) is 5. The summed E-state index contributed by atoms with van der Waals surface area (Å²) in [6.07, 6.45) is 1.80. The number of halogens is 1. The number of nitrogens with zero attached hydrogens (tertiary/aromatic N) is 4. The van der Waals surface area contributed by atoms with Crippen LogP contribution in [0.15, 0.2) is 54.6 Å². The fraction of sp³-hybridized carbons (Fsp3) is 0.360. The smallest absolute Gasteiger partial charge is 0.270 e. The summed E-state index contributed by atoms with van der Waals surface area (Å²) in [6, 6.07) is 13.3. The zero-order valence-electron chi connectivity index (χ0n) is 19.7. The third kappa shape index (κ3) is 6.26. The van der Waals surface area contributed by atoms with Crippen LogP contribution in [-0.2, 0) is 0 Å². The molecular formula is C25H30FN5O3. The standard InChI is InChI=1S/C25H30FN5O3/c1-4-29(5-2)16-6-7-18(3)27-25(32)24-17-23(19-8-10-20(26)11-9-19)28-30(24)21-12-14-22(15-13-21)31(33)34/h8-15,17-18H,4-7,16H2,1-3H3,(H,27,32). The monoisotopic (exact) mass is 467 g/mol. The quantitative estimate of drug-likeness (QED) is 0.322. The van der Waals surface area contributed by atoms with E-state index in [0.717, 1.165) is 32.5 Å². The molecule has 9 heteroatoms. The Morgan fingerprint density at radius 1 is 1.15 bits per heavy atom. The van der Waals surface area contributed by atoms with E-state index in [1.807, 2.05) is 6.92 Å². The molecule has 34 heavy (non-hydrogen) atoms. The highest BCUT2D eigenvalue weighted by Crippen LogP contribution is 2.23. The van der Waals surface area contributed by atoms with E-state index >= 15 is 0 Å². The fourth-order valence-electron chi connectivity index (χ4n) is 3.75. The van der Waals surface area contributed by atoms with E-state index in [1.54, 1.807) is 30.3 Å². The van der Waals surface area contributed by atoms with Gasteiger partial charge in [0.1, 0.15) is 11.5 Å². The molecule has 1 N–H and O–H groups in total. The number of non-ortho nitro benzene ring substituents is 1. The van der Waals surface area contributed by atoms with Gasteiger partial charge in [-0.3, -0.25) is 14.9 Å². The van der Waals surface area contributed by atoms with Crippen LogP contribution >= 0.6 is 0 Å². The second-order valence-electron chi connectivity index (χ2n) is 8.15. The second-order valence-corrected chi connectivity index (χ2v) is 8.15. The molecular weight excluding hydrogens is 437 g/mol. The van der Waals surface area contributed by atoms with Crippen molar-refractivity contribution >= 4 is 11.6 Å². The molecule has 2 aromatic carbocycles. The molecule has 0 spiro atoms. The van der Waals surface area contributed by atoms with Crippen molar-refractivity contribution in [1.82, 2.24) is 20.0 Å². The highest BCUT2D eigenvalue weighted by atomic mass is 19.1. The van der Waals surface area contributed by atoms with Gasteiger partial charge >= 0.3 is 0 Å². The van der Waals surface area contributed by atoms with Gasteiger partial charge in [-0.15, -0.1) is 0 Å². The molecule has 8 nitrogen and oxygen atoms in total. The number of amides is 1. The number of nitro groups is 1. The van der Waals surface area contributed by atoms with Crippen molar-refractivity contribution in [1.29, 1.82) is 0 Å². The van der Waals surface area contributed by atoms with Crippen molar-refractivity contribution in [2.45, 2.75) is 39.7 Å². The number of carbonyl (C=O) groups is 1. The minimum atomic E-state index is -0.482. The second kappa shape index (κ2) is 11.5. The maximum atomic E-state index is 13.4. The number of carbonyl (C=O) groups excluding carboxylic acids is 1. The molecule has 180 valence electrons. The minimum absolute atomic E-state index is 0.0439. The summed E-state index contributed by atoms with van der Waals surface area (Å²) in [7, 11) is 0. The van der Waals surface area contributed by atoms with Crippen LogP contribution in [0.2, 0.25) is 0 Å². The third-order valence-electron chi connectivity index (χ3n) is 5.77. The van der Waals surface area contributed by atoms with Gasteiger partial charge in [0, 0.05) is 23.7 Å². The third-order valence-corrected chi connectivity index (χ3v) is 5.77. The van der Waals surface area contributed by atoms with E-state index in [-0.39, 0.29) is 23.5 Å². The van der Waals surface area contributed by atoms with Gasteiger partial charge in [-0.05, 0) is 81.9 Å². The lowest BCUT2D eigenvalue weighted by Gasteiger charge is -2.20. The van der Waals surface area contributed by atoms with Gasteiger partial charge in [-0.2, -0.15) is 5.10 Å². The van der Waals surface area contributed by atoms with Crippen LogP contribution in [0.1, 0.15) is 44.1 Å². The van der Waals surface area contributed by atoms with Crippen LogP contribution < -0.4 is 5.32 Å².